The minimum atomic E-state index is -0.420. The third-order valence-electron chi connectivity index (χ3n) is 2.23. The zero-order valence-corrected chi connectivity index (χ0v) is 9.01. The van der Waals surface area contributed by atoms with E-state index in [0.717, 1.165) is 26.2 Å². The third kappa shape index (κ3) is 4.58. The molecule has 0 aromatic carbocycles. The Morgan fingerprint density at radius 2 is 2.36 bits per heavy atom. The highest BCUT2D eigenvalue weighted by Crippen LogP contribution is 2.11. The molecule has 3 N–H and O–H groups in total. The van der Waals surface area contributed by atoms with Crippen LogP contribution in [0.25, 0.3) is 0 Å². The van der Waals surface area contributed by atoms with E-state index in [-0.39, 0.29) is 5.91 Å². The average Bonchev–Trinajstić information content (AvgIpc) is 2.49. The van der Waals surface area contributed by atoms with Crippen molar-refractivity contribution >= 4 is 5.91 Å². The molecule has 1 unspecified atom stereocenters. The minimum Gasteiger partial charge on any atom is -0.381 e. The quantitative estimate of drug-likeness (QED) is 0.684. The first-order valence-corrected chi connectivity index (χ1v) is 5.11. The van der Waals surface area contributed by atoms with Crippen LogP contribution in [0.4, 0.5) is 0 Å². The Balaban J connectivity index is 2.14. The zero-order valence-electron chi connectivity index (χ0n) is 9.01. The van der Waals surface area contributed by atoms with Crippen LogP contribution in [0.5, 0.6) is 0 Å². The van der Waals surface area contributed by atoms with Crippen molar-refractivity contribution in [3.63, 3.8) is 0 Å². The summed E-state index contributed by atoms with van der Waals surface area (Å²) in [6, 6.07) is 0. The number of nitrogens with one attached hydrogen (secondary N) is 1. The van der Waals surface area contributed by atoms with Gasteiger partial charge in [0.2, 0.25) is 5.91 Å². The van der Waals surface area contributed by atoms with Gasteiger partial charge in [-0.05, 0) is 20.3 Å². The maximum Gasteiger partial charge on any atom is 0.221 e. The summed E-state index contributed by atoms with van der Waals surface area (Å²) in [5.41, 5.74) is 5.31. The summed E-state index contributed by atoms with van der Waals surface area (Å²) in [6.45, 7) is 6.01. The van der Waals surface area contributed by atoms with E-state index >= 15 is 0 Å². The fraction of sp³-hybridized carbons (Fsp3) is 0.900. The maximum atomic E-state index is 11.4. The lowest BCUT2D eigenvalue weighted by Crippen LogP contribution is -2.40. The Morgan fingerprint density at radius 1 is 1.64 bits per heavy atom. The summed E-state index contributed by atoms with van der Waals surface area (Å²) in [5, 5.41) is 2.88. The van der Waals surface area contributed by atoms with E-state index < -0.39 is 5.54 Å². The van der Waals surface area contributed by atoms with Crippen molar-refractivity contribution in [2.24, 2.45) is 11.7 Å². The summed E-state index contributed by atoms with van der Waals surface area (Å²) < 4.78 is 5.21. The van der Waals surface area contributed by atoms with Gasteiger partial charge in [-0.15, -0.1) is 0 Å². The van der Waals surface area contributed by atoms with Crippen molar-refractivity contribution in [2.75, 3.05) is 19.8 Å². The van der Waals surface area contributed by atoms with Crippen LogP contribution in [0.15, 0.2) is 0 Å². The molecule has 0 radical (unpaired) electrons. The molecule has 0 spiro atoms. The number of rotatable bonds is 4. The van der Waals surface area contributed by atoms with Gasteiger partial charge in [0.05, 0.1) is 6.61 Å². The Hall–Kier alpha value is -0.610. The van der Waals surface area contributed by atoms with Crippen LogP contribution < -0.4 is 11.1 Å². The van der Waals surface area contributed by atoms with Gasteiger partial charge < -0.3 is 15.8 Å². The molecular weight excluding hydrogens is 180 g/mol. The summed E-state index contributed by atoms with van der Waals surface area (Å²) in [7, 11) is 0. The molecule has 1 aliphatic heterocycles. The third-order valence-corrected chi connectivity index (χ3v) is 2.23. The fourth-order valence-corrected chi connectivity index (χ4v) is 1.48. The second kappa shape index (κ2) is 4.75. The van der Waals surface area contributed by atoms with Crippen molar-refractivity contribution < 1.29 is 9.53 Å². The van der Waals surface area contributed by atoms with E-state index in [9.17, 15) is 4.79 Å². The van der Waals surface area contributed by atoms with Gasteiger partial charge in [0.1, 0.15) is 0 Å². The monoisotopic (exact) mass is 200 g/mol. The lowest BCUT2D eigenvalue weighted by molar-refractivity contribution is -0.122. The van der Waals surface area contributed by atoms with E-state index in [2.05, 4.69) is 5.32 Å². The molecule has 1 amide bonds. The van der Waals surface area contributed by atoms with Crippen molar-refractivity contribution in [3.05, 3.63) is 0 Å². The van der Waals surface area contributed by atoms with E-state index in [1.54, 1.807) is 0 Å². The molecule has 1 saturated heterocycles. The van der Waals surface area contributed by atoms with E-state index in [1.165, 1.54) is 0 Å². The smallest absolute Gasteiger partial charge is 0.221 e. The van der Waals surface area contributed by atoms with Crippen LogP contribution in [0, 0.1) is 5.92 Å². The molecule has 4 heteroatoms. The standard InChI is InChI=1S/C10H20N2O2/c1-10(2,11)5-9(13)12-6-8-3-4-14-7-8/h8H,3-7,11H2,1-2H3,(H,12,13). The molecular formula is C10H20N2O2. The molecule has 1 aliphatic rings. The van der Waals surface area contributed by atoms with Crippen molar-refractivity contribution in [3.8, 4) is 0 Å². The van der Waals surface area contributed by atoms with Gasteiger partial charge in [-0.1, -0.05) is 0 Å². The van der Waals surface area contributed by atoms with Gasteiger partial charge in [-0.3, -0.25) is 4.79 Å². The molecule has 0 aromatic heterocycles. The normalized spacial score (nSPS) is 22.4. The Kier molecular flexibility index (Phi) is 3.89. The predicted octanol–water partition coefficient (Wildman–Crippen LogP) is 0.267. The van der Waals surface area contributed by atoms with Gasteiger partial charge in [0.15, 0.2) is 0 Å². The van der Waals surface area contributed by atoms with E-state index in [4.69, 9.17) is 10.5 Å². The Bertz CT molecular complexity index is 193. The largest absolute Gasteiger partial charge is 0.381 e. The van der Waals surface area contributed by atoms with Crippen molar-refractivity contribution in [1.29, 1.82) is 0 Å². The molecule has 0 bridgehead atoms. The molecule has 0 aromatic rings. The zero-order chi connectivity index (χ0) is 10.6. The summed E-state index contributed by atoms with van der Waals surface area (Å²) in [5.74, 6) is 0.518. The number of ether oxygens (including phenoxy) is 1. The average molecular weight is 200 g/mol. The molecule has 1 rings (SSSR count). The number of carbonyl (C=O) groups is 1. The van der Waals surface area contributed by atoms with E-state index in [0.29, 0.717) is 12.3 Å². The van der Waals surface area contributed by atoms with Crippen LogP contribution in [0.3, 0.4) is 0 Å². The maximum absolute atomic E-state index is 11.4. The Morgan fingerprint density at radius 3 is 2.86 bits per heavy atom. The second-order valence-electron chi connectivity index (χ2n) is 4.70. The predicted molar refractivity (Wildman–Crippen MR) is 54.8 cm³/mol. The molecule has 0 saturated carbocycles. The highest BCUT2D eigenvalue weighted by molar-refractivity contribution is 5.77. The molecule has 82 valence electrons. The lowest BCUT2D eigenvalue weighted by atomic mass is 10.0. The molecule has 1 heterocycles. The van der Waals surface area contributed by atoms with Gasteiger partial charge in [0, 0.05) is 31.0 Å². The number of amides is 1. The van der Waals surface area contributed by atoms with Crippen LogP contribution in [0.2, 0.25) is 0 Å². The van der Waals surface area contributed by atoms with Gasteiger partial charge in [0.25, 0.3) is 0 Å². The van der Waals surface area contributed by atoms with Gasteiger partial charge in [-0.2, -0.15) is 0 Å². The first kappa shape index (κ1) is 11.5. The van der Waals surface area contributed by atoms with Crippen LogP contribution in [0.1, 0.15) is 26.7 Å². The number of nitrogens with two attached hydrogens (primary N) is 1. The first-order chi connectivity index (χ1) is 6.47. The topological polar surface area (TPSA) is 64.4 Å². The summed E-state index contributed by atoms with van der Waals surface area (Å²) >= 11 is 0. The molecule has 1 atom stereocenters. The molecule has 14 heavy (non-hydrogen) atoms. The van der Waals surface area contributed by atoms with Crippen LogP contribution >= 0.6 is 0 Å². The highest BCUT2D eigenvalue weighted by atomic mass is 16.5. The fourth-order valence-electron chi connectivity index (χ4n) is 1.48. The van der Waals surface area contributed by atoms with Gasteiger partial charge in [-0.25, -0.2) is 0 Å². The molecule has 4 nitrogen and oxygen atoms in total. The number of carbonyl (C=O) groups excluding carboxylic acids is 1. The molecule has 1 fully saturated rings. The van der Waals surface area contributed by atoms with E-state index in [1.807, 2.05) is 13.8 Å². The van der Waals surface area contributed by atoms with Crippen LogP contribution in [-0.2, 0) is 9.53 Å². The number of hydrogen-bond donors (Lipinski definition) is 2. The molecule has 0 aliphatic carbocycles. The summed E-state index contributed by atoms with van der Waals surface area (Å²) in [4.78, 5) is 11.4. The van der Waals surface area contributed by atoms with Crippen LogP contribution in [-0.4, -0.2) is 31.2 Å². The first-order valence-electron chi connectivity index (χ1n) is 5.11. The second-order valence-corrected chi connectivity index (χ2v) is 4.70. The summed E-state index contributed by atoms with van der Waals surface area (Å²) in [6.07, 6.45) is 1.42. The van der Waals surface area contributed by atoms with Crippen molar-refractivity contribution in [2.45, 2.75) is 32.2 Å². The minimum absolute atomic E-state index is 0.0319. The number of hydrogen-bond acceptors (Lipinski definition) is 3. The van der Waals surface area contributed by atoms with Gasteiger partial charge >= 0.3 is 0 Å². The SMILES string of the molecule is CC(C)(N)CC(=O)NCC1CCOC1. The highest BCUT2D eigenvalue weighted by Gasteiger charge is 2.19. The lowest BCUT2D eigenvalue weighted by Gasteiger charge is -2.18. The van der Waals surface area contributed by atoms with Crippen molar-refractivity contribution in [1.82, 2.24) is 5.32 Å². The Labute approximate surface area is 85.2 Å².